The van der Waals surface area contributed by atoms with Crippen LogP contribution in [0.15, 0.2) is 23.6 Å². The zero-order chi connectivity index (χ0) is 15.3. The number of halogens is 2. The summed E-state index contributed by atoms with van der Waals surface area (Å²) in [6.07, 6.45) is -1.77. The molecule has 2 aliphatic heterocycles. The van der Waals surface area contributed by atoms with Crippen LogP contribution in [-0.2, 0) is 0 Å². The standard InChI is InChI=1S/C14H13F2N3O2S/c15-14(16)20-11-5-1-3-10(12(11)21-14)19-6-2-4-9(19)8-7-22-13(17)18-8/h1,3,5,7,9H,2,4,6H2,(H2,17,18)/t9-/m1/s1. The van der Waals surface area contributed by atoms with Gasteiger partial charge in [-0.1, -0.05) is 6.07 Å². The Labute approximate surface area is 129 Å². The van der Waals surface area contributed by atoms with Crippen LogP contribution in [0.3, 0.4) is 0 Å². The molecule has 3 heterocycles. The number of benzene rings is 1. The molecule has 1 aromatic carbocycles. The number of ether oxygens (including phenoxy) is 2. The molecule has 0 saturated carbocycles. The molecule has 0 bridgehead atoms. The van der Waals surface area contributed by atoms with Gasteiger partial charge < -0.3 is 20.1 Å². The number of hydrogen-bond donors (Lipinski definition) is 1. The number of fused-ring (bicyclic) bond motifs is 1. The van der Waals surface area contributed by atoms with Gasteiger partial charge in [0.2, 0.25) is 0 Å². The molecule has 1 fully saturated rings. The number of alkyl halides is 2. The van der Waals surface area contributed by atoms with Crippen molar-refractivity contribution in [1.29, 1.82) is 0 Å². The fourth-order valence-corrected chi connectivity index (χ4v) is 3.61. The molecule has 0 amide bonds. The fraction of sp³-hybridized carbons (Fsp3) is 0.357. The van der Waals surface area contributed by atoms with E-state index in [1.165, 1.54) is 17.4 Å². The van der Waals surface area contributed by atoms with Crippen molar-refractivity contribution in [2.45, 2.75) is 25.2 Å². The second-order valence-electron chi connectivity index (χ2n) is 5.23. The highest BCUT2D eigenvalue weighted by atomic mass is 32.1. The smallest absolute Gasteiger partial charge is 0.395 e. The van der Waals surface area contributed by atoms with Crippen LogP contribution in [0.4, 0.5) is 19.6 Å². The first-order chi connectivity index (χ1) is 10.5. The van der Waals surface area contributed by atoms with E-state index in [0.717, 1.165) is 25.1 Å². The van der Waals surface area contributed by atoms with Crippen molar-refractivity contribution in [3.05, 3.63) is 29.3 Å². The third-order valence-electron chi connectivity index (χ3n) is 3.85. The van der Waals surface area contributed by atoms with E-state index in [1.807, 2.05) is 10.3 Å². The van der Waals surface area contributed by atoms with E-state index >= 15 is 0 Å². The lowest BCUT2D eigenvalue weighted by Gasteiger charge is -2.26. The number of nitrogens with two attached hydrogens (primary N) is 1. The molecule has 0 spiro atoms. The van der Waals surface area contributed by atoms with Gasteiger partial charge in [0.05, 0.1) is 17.4 Å². The molecule has 1 aromatic heterocycles. The lowest BCUT2D eigenvalue weighted by atomic mass is 10.1. The summed E-state index contributed by atoms with van der Waals surface area (Å²) < 4.78 is 35.9. The highest BCUT2D eigenvalue weighted by molar-refractivity contribution is 7.13. The van der Waals surface area contributed by atoms with Crippen molar-refractivity contribution in [3.63, 3.8) is 0 Å². The van der Waals surface area contributed by atoms with E-state index in [9.17, 15) is 8.78 Å². The van der Waals surface area contributed by atoms with Crippen molar-refractivity contribution in [2.75, 3.05) is 17.2 Å². The molecule has 2 N–H and O–H groups in total. The van der Waals surface area contributed by atoms with Crippen molar-refractivity contribution in [2.24, 2.45) is 0 Å². The summed E-state index contributed by atoms with van der Waals surface area (Å²) in [6, 6.07) is 4.94. The van der Waals surface area contributed by atoms with Gasteiger partial charge in [0.15, 0.2) is 16.6 Å². The zero-order valence-electron chi connectivity index (χ0n) is 11.5. The van der Waals surface area contributed by atoms with E-state index in [2.05, 4.69) is 14.5 Å². The normalized spacial score (nSPS) is 22.3. The Hall–Kier alpha value is -2.09. The van der Waals surface area contributed by atoms with E-state index in [-0.39, 0.29) is 17.5 Å². The molecule has 2 aliphatic rings. The number of aromatic nitrogens is 1. The van der Waals surface area contributed by atoms with E-state index in [1.54, 1.807) is 12.1 Å². The Kier molecular flexibility index (Phi) is 2.90. The van der Waals surface area contributed by atoms with Gasteiger partial charge in [-0.05, 0) is 25.0 Å². The van der Waals surface area contributed by atoms with Gasteiger partial charge in [-0.15, -0.1) is 20.1 Å². The number of rotatable bonds is 2. The van der Waals surface area contributed by atoms with Gasteiger partial charge in [0, 0.05) is 11.9 Å². The summed E-state index contributed by atoms with van der Waals surface area (Å²) in [4.78, 5) is 6.35. The predicted octanol–water partition coefficient (Wildman–Crippen LogP) is 3.39. The van der Waals surface area contributed by atoms with E-state index < -0.39 is 6.29 Å². The highest BCUT2D eigenvalue weighted by Gasteiger charge is 2.46. The monoisotopic (exact) mass is 325 g/mol. The topological polar surface area (TPSA) is 60.6 Å². The number of anilines is 2. The molecule has 1 atom stereocenters. The number of nitrogens with zero attached hydrogens (tertiary/aromatic N) is 2. The van der Waals surface area contributed by atoms with E-state index in [4.69, 9.17) is 5.73 Å². The molecule has 1 saturated heterocycles. The summed E-state index contributed by atoms with van der Waals surface area (Å²) in [5.41, 5.74) is 7.17. The molecule has 2 aromatic rings. The Balaban J connectivity index is 1.72. The maximum Gasteiger partial charge on any atom is 0.586 e. The van der Waals surface area contributed by atoms with Crippen molar-refractivity contribution >= 4 is 22.2 Å². The minimum Gasteiger partial charge on any atom is -0.395 e. The SMILES string of the molecule is Nc1nc([C@H]2CCCN2c2cccc3c2OC(F)(F)O3)cs1. The van der Waals surface area contributed by atoms with Gasteiger partial charge in [-0.25, -0.2) is 4.98 Å². The lowest BCUT2D eigenvalue weighted by molar-refractivity contribution is -0.286. The molecule has 4 rings (SSSR count). The van der Waals surface area contributed by atoms with Crippen LogP contribution >= 0.6 is 11.3 Å². The molecule has 0 radical (unpaired) electrons. The number of hydrogen-bond acceptors (Lipinski definition) is 6. The summed E-state index contributed by atoms with van der Waals surface area (Å²) in [5.74, 6) is 0.147. The van der Waals surface area contributed by atoms with Crippen LogP contribution in [0.1, 0.15) is 24.6 Å². The molecular weight excluding hydrogens is 312 g/mol. The van der Waals surface area contributed by atoms with Gasteiger partial charge in [-0.3, -0.25) is 0 Å². The first-order valence-corrected chi connectivity index (χ1v) is 7.78. The van der Waals surface area contributed by atoms with Gasteiger partial charge in [0.1, 0.15) is 0 Å². The summed E-state index contributed by atoms with van der Waals surface area (Å²) in [5, 5.41) is 2.42. The third kappa shape index (κ3) is 2.14. The average molecular weight is 325 g/mol. The van der Waals surface area contributed by atoms with Gasteiger partial charge >= 0.3 is 6.29 Å². The summed E-state index contributed by atoms with van der Waals surface area (Å²) >= 11 is 1.38. The largest absolute Gasteiger partial charge is 0.586 e. The van der Waals surface area contributed by atoms with Crippen LogP contribution in [0.5, 0.6) is 11.5 Å². The molecule has 0 unspecified atom stereocenters. The van der Waals surface area contributed by atoms with Crippen molar-refractivity contribution < 1.29 is 18.3 Å². The highest BCUT2D eigenvalue weighted by Crippen LogP contribution is 2.50. The van der Waals surface area contributed by atoms with Crippen LogP contribution in [0, 0.1) is 0 Å². The second-order valence-corrected chi connectivity index (χ2v) is 6.12. The predicted molar refractivity (Wildman–Crippen MR) is 78.5 cm³/mol. The van der Waals surface area contributed by atoms with E-state index in [0.29, 0.717) is 10.8 Å². The van der Waals surface area contributed by atoms with Crippen LogP contribution < -0.4 is 20.1 Å². The quantitative estimate of drug-likeness (QED) is 0.917. The number of nitrogen functional groups attached to an aromatic ring is 1. The summed E-state index contributed by atoms with van der Waals surface area (Å²) in [7, 11) is 0. The first kappa shape index (κ1) is 13.6. The molecule has 116 valence electrons. The Morgan fingerprint density at radius 1 is 1.36 bits per heavy atom. The maximum atomic E-state index is 13.3. The molecule has 0 aliphatic carbocycles. The van der Waals surface area contributed by atoms with Gasteiger partial charge in [0.25, 0.3) is 0 Å². The van der Waals surface area contributed by atoms with Crippen LogP contribution in [0.2, 0.25) is 0 Å². The number of para-hydroxylation sites is 1. The molecule has 8 heteroatoms. The summed E-state index contributed by atoms with van der Waals surface area (Å²) in [6.45, 7) is 0.744. The van der Waals surface area contributed by atoms with Crippen molar-refractivity contribution in [1.82, 2.24) is 4.98 Å². The minimum atomic E-state index is -3.61. The third-order valence-corrected chi connectivity index (χ3v) is 4.54. The Bertz CT molecular complexity index is 722. The van der Waals surface area contributed by atoms with Gasteiger partial charge in [-0.2, -0.15) is 0 Å². The number of thiazole rings is 1. The zero-order valence-corrected chi connectivity index (χ0v) is 12.3. The first-order valence-electron chi connectivity index (χ1n) is 6.90. The average Bonchev–Trinajstić information content (AvgIpc) is 3.13. The minimum absolute atomic E-state index is 0.0119. The van der Waals surface area contributed by atoms with Crippen molar-refractivity contribution in [3.8, 4) is 11.5 Å². The molecule has 22 heavy (non-hydrogen) atoms. The Morgan fingerprint density at radius 2 is 2.23 bits per heavy atom. The Morgan fingerprint density at radius 3 is 3.00 bits per heavy atom. The molecule has 5 nitrogen and oxygen atoms in total. The molecular formula is C14H13F2N3O2S. The van der Waals surface area contributed by atoms with Crippen LogP contribution in [0.25, 0.3) is 0 Å². The maximum absolute atomic E-state index is 13.3. The lowest BCUT2D eigenvalue weighted by Crippen LogP contribution is -2.27. The fourth-order valence-electron chi connectivity index (χ4n) is 3.00. The van der Waals surface area contributed by atoms with Crippen LogP contribution in [-0.4, -0.2) is 17.8 Å². The second kappa shape index (κ2) is 4.70.